The van der Waals surface area contributed by atoms with Crippen molar-refractivity contribution in [1.82, 2.24) is 9.97 Å². The van der Waals surface area contributed by atoms with Crippen LogP contribution in [0.5, 0.6) is 0 Å². The maximum Gasteiger partial charge on any atom is 0.308 e. The zero-order valence-electron chi connectivity index (χ0n) is 9.60. The minimum absolute atomic E-state index is 0.00314. The van der Waals surface area contributed by atoms with Gasteiger partial charge < -0.3 is 9.64 Å². The molecule has 1 fully saturated rings. The maximum atomic E-state index is 11.4. The first kappa shape index (κ1) is 12.1. The molecule has 2 rings (SSSR count). The van der Waals surface area contributed by atoms with Gasteiger partial charge in [0.05, 0.1) is 25.4 Å². The molecule has 92 valence electrons. The third-order valence-corrected chi connectivity index (χ3v) is 3.13. The number of carbonyl (C=O) groups excluding carboxylic acids is 1. The highest BCUT2D eigenvalue weighted by atomic mass is 35.5. The molecule has 0 radical (unpaired) electrons. The molecule has 1 saturated heterocycles. The Labute approximate surface area is 105 Å². The Morgan fingerprint density at radius 1 is 1.47 bits per heavy atom. The van der Waals surface area contributed by atoms with E-state index in [1.807, 2.05) is 0 Å². The summed E-state index contributed by atoms with van der Waals surface area (Å²) in [6, 6.07) is 0. The molecule has 1 aromatic heterocycles. The van der Waals surface area contributed by atoms with Gasteiger partial charge in [-0.05, 0) is 12.8 Å². The lowest BCUT2D eigenvalue weighted by atomic mass is 9.97. The van der Waals surface area contributed by atoms with Gasteiger partial charge in [-0.3, -0.25) is 9.78 Å². The molecular weight excluding hydrogens is 242 g/mol. The Hall–Kier alpha value is -1.36. The lowest BCUT2D eigenvalue weighted by molar-refractivity contribution is -0.146. The molecule has 1 aliphatic heterocycles. The van der Waals surface area contributed by atoms with Crippen molar-refractivity contribution in [2.24, 2.45) is 5.92 Å². The van der Waals surface area contributed by atoms with Crippen LogP contribution in [0.3, 0.4) is 0 Å². The highest BCUT2D eigenvalue weighted by Crippen LogP contribution is 2.22. The third-order valence-electron chi connectivity index (χ3n) is 2.95. The number of anilines is 1. The van der Waals surface area contributed by atoms with Crippen molar-refractivity contribution in [3.8, 4) is 0 Å². The molecule has 0 aromatic carbocycles. The van der Waals surface area contributed by atoms with Crippen molar-refractivity contribution in [2.75, 3.05) is 25.1 Å². The SMILES string of the molecule is COC(=O)C1CCN(c2cncc(Cl)n2)CC1. The van der Waals surface area contributed by atoms with Gasteiger partial charge in [0, 0.05) is 13.1 Å². The smallest absolute Gasteiger partial charge is 0.308 e. The average Bonchev–Trinajstić information content (AvgIpc) is 2.38. The molecule has 0 N–H and O–H groups in total. The molecule has 0 spiro atoms. The van der Waals surface area contributed by atoms with Crippen LogP contribution >= 0.6 is 11.6 Å². The second kappa shape index (κ2) is 5.31. The van der Waals surface area contributed by atoms with Gasteiger partial charge in [0.15, 0.2) is 0 Å². The first-order chi connectivity index (χ1) is 8.20. The second-order valence-electron chi connectivity index (χ2n) is 3.98. The predicted octanol–water partition coefficient (Wildman–Crippen LogP) is 1.52. The van der Waals surface area contributed by atoms with Gasteiger partial charge in [-0.1, -0.05) is 11.6 Å². The summed E-state index contributed by atoms with van der Waals surface area (Å²) in [5.74, 6) is 0.644. The van der Waals surface area contributed by atoms with Gasteiger partial charge in [0.1, 0.15) is 11.0 Å². The molecule has 5 nitrogen and oxygen atoms in total. The Kier molecular flexibility index (Phi) is 3.78. The van der Waals surface area contributed by atoms with Gasteiger partial charge in [0.25, 0.3) is 0 Å². The van der Waals surface area contributed by atoms with E-state index >= 15 is 0 Å². The maximum absolute atomic E-state index is 11.4. The summed E-state index contributed by atoms with van der Waals surface area (Å²) >= 11 is 5.79. The van der Waals surface area contributed by atoms with E-state index in [9.17, 15) is 4.79 Å². The molecule has 6 heteroatoms. The average molecular weight is 256 g/mol. The molecule has 1 aromatic rings. The number of rotatable bonds is 2. The van der Waals surface area contributed by atoms with Crippen molar-refractivity contribution in [3.05, 3.63) is 17.5 Å². The minimum Gasteiger partial charge on any atom is -0.469 e. The quantitative estimate of drug-likeness (QED) is 0.750. The van der Waals surface area contributed by atoms with E-state index < -0.39 is 0 Å². The number of nitrogens with zero attached hydrogens (tertiary/aromatic N) is 3. The summed E-state index contributed by atoms with van der Waals surface area (Å²) in [5.41, 5.74) is 0. The highest BCUT2D eigenvalue weighted by Gasteiger charge is 2.26. The second-order valence-corrected chi connectivity index (χ2v) is 4.37. The van der Waals surface area contributed by atoms with Gasteiger partial charge in [-0.15, -0.1) is 0 Å². The van der Waals surface area contributed by atoms with Crippen molar-refractivity contribution in [3.63, 3.8) is 0 Å². The van der Waals surface area contributed by atoms with Crippen LogP contribution in [0, 0.1) is 5.92 Å². The number of hydrogen-bond acceptors (Lipinski definition) is 5. The van der Waals surface area contributed by atoms with Gasteiger partial charge in [-0.25, -0.2) is 4.98 Å². The molecule has 2 heterocycles. The number of methoxy groups -OCH3 is 1. The van der Waals surface area contributed by atoms with E-state index in [1.54, 1.807) is 6.20 Å². The molecule has 1 aliphatic rings. The molecule has 0 atom stereocenters. The van der Waals surface area contributed by atoms with Crippen molar-refractivity contribution in [1.29, 1.82) is 0 Å². The summed E-state index contributed by atoms with van der Waals surface area (Å²) in [6.45, 7) is 1.55. The number of ether oxygens (including phenoxy) is 1. The minimum atomic E-state index is -0.123. The normalized spacial score (nSPS) is 16.9. The fraction of sp³-hybridized carbons (Fsp3) is 0.545. The third kappa shape index (κ3) is 2.85. The molecular formula is C11H14ClN3O2. The predicted molar refractivity (Wildman–Crippen MR) is 64.0 cm³/mol. The largest absolute Gasteiger partial charge is 0.469 e. The molecule has 0 amide bonds. The number of piperidine rings is 1. The van der Waals surface area contributed by atoms with E-state index in [4.69, 9.17) is 16.3 Å². The van der Waals surface area contributed by atoms with E-state index in [0.717, 1.165) is 31.7 Å². The van der Waals surface area contributed by atoms with Gasteiger partial charge >= 0.3 is 5.97 Å². The molecule has 0 unspecified atom stereocenters. The number of halogens is 1. The molecule has 17 heavy (non-hydrogen) atoms. The summed E-state index contributed by atoms with van der Waals surface area (Å²) < 4.78 is 4.74. The number of esters is 1. The van der Waals surface area contributed by atoms with Gasteiger partial charge in [0.2, 0.25) is 0 Å². The summed E-state index contributed by atoms with van der Waals surface area (Å²) in [7, 11) is 1.43. The van der Waals surface area contributed by atoms with Crippen LogP contribution in [0.1, 0.15) is 12.8 Å². The summed E-state index contributed by atoms with van der Waals surface area (Å²) in [5, 5.41) is 0.387. The van der Waals surface area contributed by atoms with Crippen molar-refractivity contribution in [2.45, 2.75) is 12.8 Å². The highest BCUT2D eigenvalue weighted by molar-refractivity contribution is 6.29. The number of carbonyl (C=O) groups is 1. The van der Waals surface area contributed by atoms with Crippen LogP contribution in [0.15, 0.2) is 12.4 Å². The van der Waals surface area contributed by atoms with E-state index in [2.05, 4.69) is 14.9 Å². The van der Waals surface area contributed by atoms with Crippen LogP contribution in [0.25, 0.3) is 0 Å². The number of hydrogen-bond donors (Lipinski definition) is 0. The zero-order valence-corrected chi connectivity index (χ0v) is 10.4. The van der Waals surface area contributed by atoms with Crippen LogP contribution in [0.4, 0.5) is 5.82 Å². The fourth-order valence-corrected chi connectivity index (χ4v) is 2.14. The van der Waals surface area contributed by atoms with Crippen LogP contribution in [-0.4, -0.2) is 36.1 Å². The van der Waals surface area contributed by atoms with Crippen LogP contribution in [-0.2, 0) is 9.53 Å². The lowest BCUT2D eigenvalue weighted by Crippen LogP contribution is -2.37. The standard InChI is InChI=1S/C11H14ClN3O2/c1-17-11(16)8-2-4-15(5-3-8)10-7-13-6-9(12)14-10/h6-8H,2-5H2,1H3. The Bertz CT molecular complexity index is 405. The Balaban J connectivity index is 1.97. The first-order valence-electron chi connectivity index (χ1n) is 5.51. The Morgan fingerprint density at radius 3 is 2.76 bits per heavy atom. The summed E-state index contributed by atoms with van der Waals surface area (Å²) in [6.07, 6.45) is 4.75. The first-order valence-corrected chi connectivity index (χ1v) is 5.89. The molecule has 0 aliphatic carbocycles. The van der Waals surface area contributed by atoms with Crippen LogP contribution < -0.4 is 4.90 Å². The van der Waals surface area contributed by atoms with Gasteiger partial charge in [-0.2, -0.15) is 0 Å². The lowest BCUT2D eigenvalue weighted by Gasteiger charge is -2.31. The van der Waals surface area contributed by atoms with Crippen LogP contribution in [0.2, 0.25) is 5.15 Å². The zero-order chi connectivity index (χ0) is 12.3. The molecule has 0 saturated carbocycles. The van der Waals surface area contributed by atoms with E-state index in [-0.39, 0.29) is 11.9 Å². The monoisotopic (exact) mass is 255 g/mol. The van der Waals surface area contributed by atoms with Crippen molar-refractivity contribution >= 4 is 23.4 Å². The van der Waals surface area contributed by atoms with E-state index in [1.165, 1.54) is 13.3 Å². The summed E-state index contributed by atoms with van der Waals surface area (Å²) in [4.78, 5) is 21.7. The fourth-order valence-electron chi connectivity index (χ4n) is 2.00. The van der Waals surface area contributed by atoms with Crippen molar-refractivity contribution < 1.29 is 9.53 Å². The molecule has 0 bridgehead atoms. The van der Waals surface area contributed by atoms with E-state index in [0.29, 0.717) is 5.15 Å². The Morgan fingerprint density at radius 2 is 2.18 bits per heavy atom. The topological polar surface area (TPSA) is 55.3 Å². The number of aromatic nitrogens is 2.